The summed E-state index contributed by atoms with van der Waals surface area (Å²) in [6.45, 7) is 8.04. The molecule has 0 heterocycles. The number of halogens is 1. The first-order valence-electron chi connectivity index (χ1n) is 12.1. The van der Waals surface area contributed by atoms with E-state index in [1.807, 2.05) is 63.2 Å². The van der Waals surface area contributed by atoms with Crippen LogP contribution in [0.5, 0.6) is 0 Å². The Morgan fingerprint density at radius 2 is 1.77 bits per heavy atom. The Morgan fingerprint density at radius 3 is 2.37 bits per heavy atom. The summed E-state index contributed by atoms with van der Waals surface area (Å²) < 4.78 is 17.7. The topological polar surface area (TPSA) is 65.0 Å². The van der Waals surface area contributed by atoms with Gasteiger partial charge in [-0.2, -0.15) is 0 Å². The number of carboxylic acid groups (broad SMARTS) is 1. The van der Waals surface area contributed by atoms with Crippen LogP contribution in [-0.2, 0) is 25.6 Å². The minimum Gasteiger partial charge on any atom is -0.488 e. The second kappa shape index (κ2) is 13.6. The number of aryl methyl sites for hydroxylation is 3. The smallest absolute Gasteiger partial charge is 0.340 e. The van der Waals surface area contributed by atoms with Gasteiger partial charge in [0.15, 0.2) is 0 Å². The van der Waals surface area contributed by atoms with Crippen LogP contribution in [0.15, 0.2) is 59.9 Å². The molecule has 0 bridgehead atoms. The molecule has 1 N–H and O–H groups in total. The number of ether oxygens (including phenoxy) is 3. The van der Waals surface area contributed by atoms with Crippen LogP contribution in [0.1, 0.15) is 47.1 Å². The molecule has 188 valence electrons. The van der Waals surface area contributed by atoms with Crippen molar-refractivity contribution in [2.45, 2.75) is 52.7 Å². The van der Waals surface area contributed by atoms with E-state index in [-0.39, 0.29) is 11.7 Å². The standard InChI is InChI=1S/C29H35BrO5/c1-20-17-21(2)26(22(3)18-20)27(29(31)32)28(35-19-23-7-5-4-6-8-23)24-9-11-25(12-10-24)34-16-15-33-14-13-30/h4-9,17-18,25H,10-16,19H2,1-3H3,(H,31,32)/b28-27+/t25-/m1/s1. The second-order valence-corrected chi connectivity index (χ2v) is 9.65. The second-order valence-electron chi connectivity index (χ2n) is 8.86. The SMILES string of the molecule is Cc1cc(C)c(/C(C(=O)O)=C(\OCc2ccccc2)C2=CC[C@@H](OCCOCCBr)CC2)c(C)c1. The van der Waals surface area contributed by atoms with Crippen molar-refractivity contribution in [2.75, 3.05) is 25.2 Å². The van der Waals surface area contributed by atoms with E-state index in [1.165, 1.54) is 0 Å². The van der Waals surface area contributed by atoms with Gasteiger partial charge < -0.3 is 19.3 Å². The lowest BCUT2D eigenvalue weighted by Crippen LogP contribution is -2.20. The molecular weight excluding hydrogens is 508 g/mol. The third-order valence-corrected chi connectivity index (χ3v) is 6.37. The Balaban J connectivity index is 1.91. The van der Waals surface area contributed by atoms with Gasteiger partial charge in [0.25, 0.3) is 0 Å². The van der Waals surface area contributed by atoms with E-state index in [1.54, 1.807) is 0 Å². The van der Waals surface area contributed by atoms with Crippen LogP contribution in [0, 0.1) is 20.8 Å². The number of aliphatic carboxylic acids is 1. The quantitative estimate of drug-likeness (QED) is 0.143. The van der Waals surface area contributed by atoms with Gasteiger partial charge in [0.2, 0.25) is 0 Å². The van der Waals surface area contributed by atoms with Crippen molar-refractivity contribution in [1.29, 1.82) is 0 Å². The summed E-state index contributed by atoms with van der Waals surface area (Å²) in [7, 11) is 0. The summed E-state index contributed by atoms with van der Waals surface area (Å²) in [5.74, 6) is -0.526. The van der Waals surface area contributed by atoms with Crippen LogP contribution in [0.2, 0.25) is 0 Å². The van der Waals surface area contributed by atoms with E-state index in [0.717, 1.165) is 45.1 Å². The maximum absolute atomic E-state index is 12.7. The third-order valence-electron chi connectivity index (χ3n) is 6.05. The Bertz CT molecular complexity index is 1030. The van der Waals surface area contributed by atoms with Crippen LogP contribution in [-0.4, -0.2) is 42.3 Å². The zero-order valence-corrected chi connectivity index (χ0v) is 22.4. The van der Waals surface area contributed by atoms with Gasteiger partial charge >= 0.3 is 5.97 Å². The molecule has 0 spiro atoms. The predicted molar refractivity (Wildman–Crippen MR) is 143 cm³/mol. The average molecular weight is 543 g/mol. The lowest BCUT2D eigenvalue weighted by Gasteiger charge is -2.25. The molecule has 5 nitrogen and oxygen atoms in total. The summed E-state index contributed by atoms with van der Waals surface area (Å²) in [5.41, 5.74) is 5.85. The van der Waals surface area contributed by atoms with Crippen molar-refractivity contribution < 1.29 is 24.1 Å². The van der Waals surface area contributed by atoms with Crippen LogP contribution < -0.4 is 0 Å². The van der Waals surface area contributed by atoms with Gasteiger partial charge in [-0.1, -0.05) is 70.0 Å². The Morgan fingerprint density at radius 1 is 1.06 bits per heavy atom. The summed E-state index contributed by atoms with van der Waals surface area (Å²) >= 11 is 3.35. The summed E-state index contributed by atoms with van der Waals surface area (Å²) in [6.07, 6.45) is 4.39. The van der Waals surface area contributed by atoms with Crippen molar-refractivity contribution in [1.82, 2.24) is 0 Å². The van der Waals surface area contributed by atoms with Gasteiger partial charge in [0, 0.05) is 5.33 Å². The van der Waals surface area contributed by atoms with Gasteiger partial charge in [-0.25, -0.2) is 4.79 Å². The van der Waals surface area contributed by atoms with Crippen LogP contribution in [0.3, 0.4) is 0 Å². The highest BCUT2D eigenvalue weighted by Gasteiger charge is 2.27. The molecule has 0 fully saturated rings. The first-order chi connectivity index (χ1) is 16.9. The minimum absolute atomic E-state index is 0.0952. The molecule has 6 heteroatoms. The van der Waals surface area contributed by atoms with Crippen molar-refractivity contribution in [3.63, 3.8) is 0 Å². The number of alkyl halides is 1. The van der Waals surface area contributed by atoms with Crippen LogP contribution in [0.25, 0.3) is 5.57 Å². The maximum atomic E-state index is 12.7. The summed E-state index contributed by atoms with van der Waals surface area (Å²) in [4.78, 5) is 12.7. The minimum atomic E-state index is -0.980. The number of benzene rings is 2. The molecule has 35 heavy (non-hydrogen) atoms. The van der Waals surface area contributed by atoms with Gasteiger partial charge in [-0.15, -0.1) is 0 Å². The lowest BCUT2D eigenvalue weighted by molar-refractivity contribution is -0.130. The highest BCUT2D eigenvalue weighted by atomic mass is 79.9. The molecule has 0 saturated carbocycles. The highest BCUT2D eigenvalue weighted by molar-refractivity contribution is 9.09. The summed E-state index contributed by atoms with van der Waals surface area (Å²) in [5, 5.41) is 11.2. The van der Waals surface area contributed by atoms with E-state index >= 15 is 0 Å². The number of hydrogen-bond donors (Lipinski definition) is 1. The molecule has 2 aromatic rings. The van der Waals surface area contributed by atoms with E-state index in [4.69, 9.17) is 14.2 Å². The zero-order valence-electron chi connectivity index (χ0n) is 20.8. The first-order valence-corrected chi connectivity index (χ1v) is 13.2. The van der Waals surface area contributed by atoms with Gasteiger partial charge in [-0.3, -0.25) is 0 Å². The molecular formula is C29H35BrO5. The van der Waals surface area contributed by atoms with Crippen LogP contribution >= 0.6 is 15.9 Å². The van der Waals surface area contributed by atoms with Gasteiger partial charge in [-0.05, 0) is 67.9 Å². The van der Waals surface area contributed by atoms with Crippen molar-refractivity contribution >= 4 is 27.5 Å². The van der Waals surface area contributed by atoms with Crippen molar-refractivity contribution in [3.8, 4) is 0 Å². The molecule has 0 radical (unpaired) electrons. The predicted octanol–water partition coefficient (Wildman–Crippen LogP) is 6.53. The summed E-state index contributed by atoms with van der Waals surface area (Å²) in [6, 6.07) is 13.9. The van der Waals surface area contributed by atoms with Gasteiger partial charge in [0.1, 0.15) is 17.9 Å². The average Bonchev–Trinajstić information content (AvgIpc) is 2.83. The largest absolute Gasteiger partial charge is 0.488 e. The lowest BCUT2D eigenvalue weighted by atomic mass is 9.88. The molecule has 0 aliphatic heterocycles. The first kappa shape index (κ1) is 27.2. The molecule has 0 aromatic heterocycles. The van der Waals surface area contributed by atoms with Crippen LogP contribution in [0.4, 0.5) is 0 Å². The fourth-order valence-electron chi connectivity index (χ4n) is 4.55. The Kier molecular flexibility index (Phi) is 10.6. The Labute approximate surface area is 216 Å². The third kappa shape index (κ3) is 7.79. The number of carbonyl (C=O) groups is 1. The molecule has 0 unspecified atom stereocenters. The monoisotopic (exact) mass is 542 g/mol. The van der Waals surface area contributed by atoms with Gasteiger partial charge in [0.05, 0.1) is 25.9 Å². The van der Waals surface area contributed by atoms with E-state index in [9.17, 15) is 9.90 Å². The molecule has 1 aliphatic carbocycles. The van der Waals surface area contributed by atoms with Crippen molar-refractivity contribution in [3.05, 3.63) is 87.7 Å². The number of rotatable bonds is 12. The highest BCUT2D eigenvalue weighted by Crippen LogP contribution is 2.35. The number of allylic oxidation sites excluding steroid dienone is 1. The number of carboxylic acids is 1. The zero-order chi connectivity index (χ0) is 25.2. The fourth-order valence-corrected chi connectivity index (χ4v) is 4.77. The number of hydrogen-bond acceptors (Lipinski definition) is 4. The molecule has 0 amide bonds. The Hall–Kier alpha value is -2.41. The van der Waals surface area contributed by atoms with Crippen molar-refractivity contribution in [2.24, 2.45) is 0 Å². The molecule has 3 rings (SSSR count). The van der Waals surface area contributed by atoms with E-state index < -0.39 is 5.97 Å². The maximum Gasteiger partial charge on any atom is 0.340 e. The molecule has 1 aliphatic rings. The van der Waals surface area contributed by atoms with E-state index in [0.29, 0.717) is 45.0 Å². The van der Waals surface area contributed by atoms with E-state index in [2.05, 4.69) is 22.0 Å². The molecule has 2 aromatic carbocycles. The fraction of sp³-hybridized carbons (Fsp3) is 0.414. The normalized spacial score (nSPS) is 16.5. The molecule has 0 saturated heterocycles. The molecule has 1 atom stereocenters.